The highest BCUT2D eigenvalue weighted by Gasteiger charge is 2.16. The van der Waals surface area contributed by atoms with Crippen LogP contribution in [0.4, 0.5) is 4.39 Å². The van der Waals surface area contributed by atoms with Gasteiger partial charge in [-0.1, -0.05) is 59.6 Å². The summed E-state index contributed by atoms with van der Waals surface area (Å²) in [6.45, 7) is 0.565. The van der Waals surface area contributed by atoms with Gasteiger partial charge in [-0.25, -0.2) is 9.07 Å². The molecule has 4 aromatic rings. The Balaban J connectivity index is 1.63. The summed E-state index contributed by atoms with van der Waals surface area (Å²) in [7, 11) is 0. The minimum absolute atomic E-state index is 0.201. The van der Waals surface area contributed by atoms with Crippen molar-refractivity contribution in [1.82, 2.24) is 20.2 Å². The number of hydrogen-bond acceptors (Lipinski definition) is 4. The highest BCUT2D eigenvalue weighted by Crippen LogP contribution is 2.32. The molecule has 146 valence electrons. The molecule has 0 amide bonds. The maximum Gasteiger partial charge on any atom is 0.183 e. The second-order valence-electron chi connectivity index (χ2n) is 6.29. The van der Waals surface area contributed by atoms with Crippen molar-refractivity contribution in [1.29, 1.82) is 0 Å². The normalized spacial score (nSPS) is 10.9. The van der Waals surface area contributed by atoms with Gasteiger partial charge in [-0.05, 0) is 46.3 Å². The van der Waals surface area contributed by atoms with Crippen LogP contribution < -0.4 is 4.74 Å². The molecule has 1 heterocycles. The summed E-state index contributed by atoms with van der Waals surface area (Å²) < 4.78 is 21.4. The Morgan fingerprint density at radius 1 is 0.966 bits per heavy atom. The van der Waals surface area contributed by atoms with Crippen molar-refractivity contribution in [3.8, 4) is 17.1 Å². The number of ether oxygens (including phenoxy) is 1. The molecule has 8 heteroatoms. The van der Waals surface area contributed by atoms with Crippen molar-refractivity contribution in [2.24, 2.45) is 0 Å². The maximum atomic E-state index is 13.9. The Bertz CT molecular complexity index is 1130. The summed E-state index contributed by atoms with van der Waals surface area (Å²) in [5, 5.41) is 12.6. The smallest absolute Gasteiger partial charge is 0.183 e. The van der Waals surface area contributed by atoms with Gasteiger partial charge >= 0.3 is 0 Å². The van der Waals surface area contributed by atoms with Crippen LogP contribution in [0.1, 0.15) is 11.1 Å². The lowest BCUT2D eigenvalue weighted by Gasteiger charge is -2.13. The van der Waals surface area contributed by atoms with Gasteiger partial charge in [-0.2, -0.15) is 0 Å². The Morgan fingerprint density at radius 3 is 2.62 bits per heavy atom. The Hall–Kier alpha value is -2.96. The van der Waals surface area contributed by atoms with E-state index in [0.717, 1.165) is 5.56 Å². The highest BCUT2D eigenvalue weighted by molar-refractivity contribution is 6.43. The maximum absolute atomic E-state index is 13.9. The lowest BCUT2D eigenvalue weighted by molar-refractivity contribution is 0.301. The summed E-state index contributed by atoms with van der Waals surface area (Å²) in [4.78, 5) is 0. The Labute approximate surface area is 176 Å². The number of rotatable bonds is 6. The van der Waals surface area contributed by atoms with Gasteiger partial charge in [0, 0.05) is 11.1 Å². The second-order valence-corrected chi connectivity index (χ2v) is 7.07. The van der Waals surface area contributed by atoms with Crippen LogP contribution in [0.2, 0.25) is 10.0 Å². The van der Waals surface area contributed by atoms with E-state index in [-0.39, 0.29) is 12.4 Å². The van der Waals surface area contributed by atoms with Gasteiger partial charge in [-0.15, -0.1) is 5.10 Å². The van der Waals surface area contributed by atoms with Crippen molar-refractivity contribution in [3.05, 3.63) is 93.7 Å². The predicted molar refractivity (Wildman–Crippen MR) is 110 cm³/mol. The van der Waals surface area contributed by atoms with E-state index in [9.17, 15) is 4.39 Å². The topological polar surface area (TPSA) is 52.8 Å². The van der Waals surface area contributed by atoms with Crippen LogP contribution >= 0.6 is 23.2 Å². The minimum Gasteiger partial charge on any atom is -0.489 e. The van der Waals surface area contributed by atoms with Crippen LogP contribution in [0.5, 0.6) is 5.75 Å². The molecular formula is C21H15Cl2FN4O. The van der Waals surface area contributed by atoms with E-state index in [0.29, 0.717) is 39.4 Å². The van der Waals surface area contributed by atoms with E-state index in [4.69, 9.17) is 27.9 Å². The van der Waals surface area contributed by atoms with E-state index < -0.39 is 0 Å². The molecule has 0 spiro atoms. The molecule has 5 nitrogen and oxygen atoms in total. The third kappa shape index (κ3) is 4.39. The molecule has 0 aliphatic carbocycles. The standard InChI is InChI=1S/C21H15Cl2FN4O/c22-18-8-4-7-17(20(18)23)21-25-26-27-28(21)12-15-11-16(24)9-10-19(15)29-13-14-5-2-1-3-6-14/h1-11H,12-13H2. The highest BCUT2D eigenvalue weighted by atomic mass is 35.5. The fourth-order valence-corrected chi connectivity index (χ4v) is 3.27. The second kappa shape index (κ2) is 8.59. The molecule has 0 bridgehead atoms. The summed E-state index contributed by atoms with van der Waals surface area (Å²) in [6.07, 6.45) is 0. The monoisotopic (exact) mass is 428 g/mol. The Morgan fingerprint density at radius 2 is 1.79 bits per heavy atom. The summed E-state index contributed by atoms with van der Waals surface area (Å²) in [5.41, 5.74) is 2.21. The summed E-state index contributed by atoms with van der Waals surface area (Å²) >= 11 is 12.4. The fraction of sp³-hybridized carbons (Fsp3) is 0.0952. The molecule has 0 N–H and O–H groups in total. The van der Waals surface area contributed by atoms with E-state index in [1.54, 1.807) is 24.3 Å². The lowest BCUT2D eigenvalue weighted by atomic mass is 10.1. The van der Waals surface area contributed by atoms with Gasteiger partial charge in [0.1, 0.15) is 18.2 Å². The van der Waals surface area contributed by atoms with Crippen molar-refractivity contribution < 1.29 is 9.13 Å². The summed E-state index contributed by atoms with van der Waals surface area (Å²) in [6, 6.07) is 19.3. The third-order valence-corrected chi connectivity index (χ3v) is 5.12. The molecule has 29 heavy (non-hydrogen) atoms. The zero-order valence-electron chi connectivity index (χ0n) is 15.1. The Kier molecular flexibility index (Phi) is 5.74. The van der Waals surface area contributed by atoms with Crippen LogP contribution in [-0.2, 0) is 13.2 Å². The largest absolute Gasteiger partial charge is 0.489 e. The first-order valence-electron chi connectivity index (χ1n) is 8.77. The molecule has 0 atom stereocenters. The average molecular weight is 429 g/mol. The molecule has 0 aliphatic heterocycles. The first-order valence-corrected chi connectivity index (χ1v) is 9.53. The van der Waals surface area contributed by atoms with Crippen LogP contribution in [-0.4, -0.2) is 20.2 Å². The van der Waals surface area contributed by atoms with Crippen molar-refractivity contribution in [2.45, 2.75) is 13.2 Å². The van der Waals surface area contributed by atoms with E-state index in [2.05, 4.69) is 15.5 Å². The molecular weight excluding hydrogens is 414 g/mol. The van der Waals surface area contributed by atoms with Crippen LogP contribution in [0.3, 0.4) is 0 Å². The van der Waals surface area contributed by atoms with E-state index >= 15 is 0 Å². The van der Waals surface area contributed by atoms with Gasteiger partial charge in [-0.3, -0.25) is 0 Å². The van der Waals surface area contributed by atoms with Gasteiger partial charge in [0.15, 0.2) is 5.82 Å². The van der Waals surface area contributed by atoms with Gasteiger partial charge in [0.05, 0.1) is 16.6 Å². The average Bonchev–Trinajstić information content (AvgIpc) is 3.18. The molecule has 0 saturated heterocycles. The molecule has 0 unspecified atom stereocenters. The number of hydrogen-bond donors (Lipinski definition) is 0. The van der Waals surface area contributed by atoms with Crippen LogP contribution in [0, 0.1) is 5.82 Å². The number of benzene rings is 3. The number of tetrazole rings is 1. The lowest BCUT2D eigenvalue weighted by Crippen LogP contribution is -2.07. The molecule has 4 rings (SSSR count). The van der Waals surface area contributed by atoms with Crippen molar-refractivity contribution >= 4 is 23.2 Å². The zero-order valence-corrected chi connectivity index (χ0v) is 16.6. The first kappa shape index (κ1) is 19.4. The predicted octanol–water partition coefficient (Wildman–Crippen LogP) is 5.41. The van der Waals surface area contributed by atoms with Crippen molar-refractivity contribution in [3.63, 3.8) is 0 Å². The number of aromatic nitrogens is 4. The van der Waals surface area contributed by atoms with Crippen LogP contribution in [0.25, 0.3) is 11.4 Å². The quantitative estimate of drug-likeness (QED) is 0.411. The molecule has 3 aromatic carbocycles. The fourth-order valence-electron chi connectivity index (χ4n) is 2.89. The van der Waals surface area contributed by atoms with E-state index in [1.807, 2.05) is 30.3 Å². The molecule has 0 radical (unpaired) electrons. The molecule has 1 aromatic heterocycles. The third-order valence-electron chi connectivity index (χ3n) is 4.30. The number of halogens is 3. The molecule has 0 saturated carbocycles. The van der Waals surface area contributed by atoms with Gasteiger partial charge < -0.3 is 4.74 Å². The summed E-state index contributed by atoms with van der Waals surface area (Å²) in [5.74, 6) is 0.604. The van der Waals surface area contributed by atoms with Crippen LogP contribution in [0.15, 0.2) is 66.7 Å². The molecule has 0 aliphatic rings. The SMILES string of the molecule is Fc1ccc(OCc2ccccc2)c(Cn2nnnc2-c2cccc(Cl)c2Cl)c1. The zero-order chi connectivity index (χ0) is 20.2. The van der Waals surface area contributed by atoms with Gasteiger partial charge in [0.25, 0.3) is 0 Å². The van der Waals surface area contributed by atoms with E-state index in [1.165, 1.54) is 16.8 Å². The minimum atomic E-state index is -0.373. The number of nitrogens with zero attached hydrogens (tertiary/aromatic N) is 4. The van der Waals surface area contributed by atoms with Gasteiger partial charge in [0.2, 0.25) is 0 Å². The first-order chi connectivity index (χ1) is 14.1. The molecule has 0 fully saturated rings. The van der Waals surface area contributed by atoms with Crippen molar-refractivity contribution in [2.75, 3.05) is 0 Å².